The number of carboxylic acids is 1. The van der Waals surface area contributed by atoms with E-state index >= 15 is 0 Å². The van der Waals surface area contributed by atoms with Crippen molar-refractivity contribution in [1.82, 2.24) is 0 Å². The average Bonchev–Trinajstić information content (AvgIpc) is 2.28. The topological polar surface area (TPSA) is 63.3 Å². The lowest BCUT2D eigenvalue weighted by Crippen LogP contribution is -2.30. The van der Waals surface area contributed by atoms with Crippen LogP contribution in [0.3, 0.4) is 0 Å². The number of aryl methyl sites for hydroxylation is 2. The van der Waals surface area contributed by atoms with E-state index in [4.69, 9.17) is 10.8 Å². The smallest absolute Gasteiger partial charge is 0.320 e. The highest BCUT2D eigenvalue weighted by Gasteiger charge is 2.10. The molecule has 1 aromatic rings. The standard InChI is InChI=1S/C13H19NO2S/c1-9-3-4-10(2)11(7-9)8-17-6-5-12(14)13(15)16/h3-4,7,12H,5-6,8,14H2,1-2H3,(H,15,16). The van der Waals surface area contributed by atoms with Crippen LogP contribution in [0, 0.1) is 13.8 Å². The number of aliphatic carboxylic acids is 1. The van der Waals surface area contributed by atoms with Crippen LogP contribution in [-0.4, -0.2) is 22.9 Å². The quantitative estimate of drug-likeness (QED) is 0.764. The molecular formula is C13H19NO2S. The van der Waals surface area contributed by atoms with E-state index in [1.807, 2.05) is 0 Å². The second kappa shape index (κ2) is 6.67. The predicted octanol–water partition coefficient (Wildman–Crippen LogP) is 2.34. The molecule has 0 aliphatic rings. The van der Waals surface area contributed by atoms with Crippen LogP contribution < -0.4 is 5.73 Å². The van der Waals surface area contributed by atoms with Gasteiger partial charge in [0.1, 0.15) is 6.04 Å². The summed E-state index contributed by atoms with van der Waals surface area (Å²) < 4.78 is 0. The number of carboxylic acid groups (broad SMARTS) is 1. The molecule has 0 bridgehead atoms. The molecule has 4 heteroatoms. The van der Waals surface area contributed by atoms with E-state index in [0.29, 0.717) is 6.42 Å². The summed E-state index contributed by atoms with van der Waals surface area (Å²) in [7, 11) is 0. The van der Waals surface area contributed by atoms with Crippen LogP contribution in [0.2, 0.25) is 0 Å². The molecule has 0 aromatic heterocycles. The molecule has 1 unspecified atom stereocenters. The molecule has 1 atom stereocenters. The Morgan fingerprint density at radius 3 is 2.82 bits per heavy atom. The van der Waals surface area contributed by atoms with Crippen LogP contribution in [0.25, 0.3) is 0 Å². The average molecular weight is 253 g/mol. The minimum Gasteiger partial charge on any atom is -0.480 e. The van der Waals surface area contributed by atoms with Gasteiger partial charge in [-0.15, -0.1) is 0 Å². The first-order chi connectivity index (χ1) is 8.00. The van der Waals surface area contributed by atoms with Crippen molar-refractivity contribution < 1.29 is 9.90 Å². The Kier molecular flexibility index (Phi) is 5.51. The van der Waals surface area contributed by atoms with Crippen molar-refractivity contribution in [3.8, 4) is 0 Å². The van der Waals surface area contributed by atoms with Gasteiger partial charge in [-0.25, -0.2) is 0 Å². The normalized spacial score (nSPS) is 12.4. The molecule has 3 N–H and O–H groups in total. The zero-order chi connectivity index (χ0) is 12.8. The molecule has 94 valence electrons. The van der Waals surface area contributed by atoms with Gasteiger partial charge in [0, 0.05) is 5.75 Å². The van der Waals surface area contributed by atoms with Gasteiger partial charge in [0.15, 0.2) is 0 Å². The first-order valence-electron chi connectivity index (χ1n) is 5.63. The molecule has 0 saturated carbocycles. The summed E-state index contributed by atoms with van der Waals surface area (Å²) >= 11 is 1.73. The first kappa shape index (κ1) is 14.1. The Morgan fingerprint density at radius 1 is 1.47 bits per heavy atom. The predicted molar refractivity (Wildman–Crippen MR) is 72.3 cm³/mol. The summed E-state index contributed by atoms with van der Waals surface area (Å²) in [4.78, 5) is 10.5. The third-order valence-electron chi connectivity index (χ3n) is 2.65. The van der Waals surface area contributed by atoms with Gasteiger partial charge in [0.05, 0.1) is 0 Å². The van der Waals surface area contributed by atoms with Crippen molar-refractivity contribution in [1.29, 1.82) is 0 Å². The number of benzene rings is 1. The van der Waals surface area contributed by atoms with Gasteiger partial charge >= 0.3 is 5.97 Å². The van der Waals surface area contributed by atoms with Crippen LogP contribution in [0.1, 0.15) is 23.1 Å². The number of thioether (sulfide) groups is 1. The summed E-state index contributed by atoms with van der Waals surface area (Å²) in [6.45, 7) is 4.17. The largest absolute Gasteiger partial charge is 0.480 e. The summed E-state index contributed by atoms with van der Waals surface area (Å²) in [6.07, 6.45) is 0.519. The lowest BCUT2D eigenvalue weighted by atomic mass is 10.1. The number of carbonyl (C=O) groups is 1. The fourth-order valence-corrected chi connectivity index (χ4v) is 2.57. The van der Waals surface area contributed by atoms with Gasteiger partial charge in [0.2, 0.25) is 0 Å². The van der Waals surface area contributed by atoms with E-state index in [9.17, 15) is 4.79 Å². The van der Waals surface area contributed by atoms with Gasteiger partial charge < -0.3 is 10.8 Å². The molecule has 0 spiro atoms. The highest BCUT2D eigenvalue weighted by molar-refractivity contribution is 7.98. The number of nitrogens with two attached hydrogens (primary N) is 1. The molecule has 0 amide bonds. The minimum absolute atomic E-state index is 0.519. The van der Waals surface area contributed by atoms with E-state index in [-0.39, 0.29) is 0 Å². The molecule has 0 aliphatic carbocycles. The molecule has 1 rings (SSSR count). The molecule has 3 nitrogen and oxygen atoms in total. The van der Waals surface area contributed by atoms with E-state index in [1.165, 1.54) is 16.7 Å². The lowest BCUT2D eigenvalue weighted by Gasteiger charge is -2.08. The van der Waals surface area contributed by atoms with E-state index in [0.717, 1.165) is 11.5 Å². The molecule has 0 radical (unpaired) electrons. The van der Waals surface area contributed by atoms with Crippen LogP contribution in [0.4, 0.5) is 0 Å². The Labute approximate surface area is 106 Å². The van der Waals surface area contributed by atoms with Crippen molar-refractivity contribution in [3.63, 3.8) is 0 Å². The first-order valence-corrected chi connectivity index (χ1v) is 6.78. The van der Waals surface area contributed by atoms with Crippen LogP contribution in [-0.2, 0) is 10.5 Å². The van der Waals surface area contributed by atoms with E-state index in [1.54, 1.807) is 11.8 Å². The number of rotatable bonds is 6. The molecular weight excluding hydrogens is 234 g/mol. The van der Waals surface area contributed by atoms with Crippen molar-refractivity contribution in [2.45, 2.75) is 32.1 Å². The van der Waals surface area contributed by atoms with Gasteiger partial charge in [-0.1, -0.05) is 23.8 Å². The Hall–Kier alpha value is -1.00. The van der Waals surface area contributed by atoms with Crippen molar-refractivity contribution in [2.75, 3.05) is 5.75 Å². The molecule has 1 aromatic carbocycles. The highest BCUT2D eigenvalue weighted by atomic mass is 32.2. The van der Waals surface area contributed by atoms with E-state index in [2.05, 4.69) is 32.0 Å². The fourth-order valence-electron chi connectivity index (χ4n) is 1.47. The Balaban J connectivity index is 2.36. The monoisotopic (exact) mass is 253 g/mol. The Bertz CT molecular complexity index is 393. The van der Waals surface area contributed by atoms with Crippen molar-refractivity contribution in [2.24, 2.45) is 5.73 Å². The third-order valence-corrected chi connectivity index (χ3v) is 3.69. The maximum absolute atomic E-state index is 10.5. The van der Waals surface area contributed by atoms with E-state index < -0.39 is 12.0 Å². The molecule has 0 fully saturated rings. The summed E-state index contributed by atoms with van der Waals surface area (Å²) in [6, 6.07) is 5.67. The number of hydrogen-bond donors (Lipinski definition) is 2. The summed E-state index contributed by atoms with van der Waals surface area (Å²) in [5.41, 5.74) is 9.30. The zero-order valence-electron chi connectivity index (χ0n) is 10.3. The van der Waals surface area contributed by atoms with Gasteiger partial charge in [-0.2, -0.15) is 11.8 Å². The van der Waals surface area contributed by atoms with Crippen molar-refractivity contribution >= 4 is 17.7 Å². The molecule has 0 heterocycles. The lowest BCUT2D eigenvalue weighted by molar-refractivity contribution is -0.138. The number of hydrogen-bond acceptors (Lipinski definition) is 3. The molecule has 0 saturated heterocycles. The summed E-state index contributed by atoms with van der Waals surface area (Å²) in [5.74, 6) is 0.776. The van der Waals surface area contributed by atoms with Crippen LogP contribution >= 0.6 is 11.8 Å². The van der Waals surface area contributed by atoms with Crippen LogP contribution in [0.15, 0.2) is 18.2 Å². The third kappa shape index (κ3) is 4.79. The van der Waals surface area contributed by atoms with Gasteiger partial charge in [-0.3, -0.25) is 4.79 Å². The van der Waals surface area contributed by atoms with Gasteiger partial charge in [-0.05, 0) is 37.1 Å². The zero-order valence-corrected chi connectivity index (χ0v) is 11.1. The Morgan fingerprint density at radius 2 is 2.18 bits per heavy atom. The second-order valence-corrected chi connectivity index (χ2v) is 5.32. The maximum Gasteiger partial charge on any atom is 0.320 e. The fraction of sp³-hybridized carbons (Fsp3) is 0.462. The maximum atomic E-state index is 10.5. The summed E-state index contributed by atoms with van der Waals surface area (Å²) in [5, 5.41) is 8.64. The minimum atomic E-state index is -0.919. The molecule has 0 aliphatic heterocycles. The highest BCUT2D eigenvalue weighted by Crippen LogP contribution is 2.18. The van der Waals surface area contributed by atoms with Crippen molar-refractivity contribution in [3.05, 3.63) is 34.9 Å². The molecule has 17 heavy (non-hydrogen) atoms. The SMILES string of the molecule is Cc1ccc(C)c(CSCCC(N)C(=O)O)c1. The van der Waals surface area contributed by atoms with Gasteiger partial charge in [0.25, 0.3) is 0 Å². The second-order valence-electron chi connectivity index (χ2n) is 4.22. The van der Waals surface area contributed by atoms with Crippen LogP contribution in [0.5, 0.6) is 0 Å².